The number of para-hydroxylation sites is 1. The van der Waals surface area contributed by atoms with Gasteiger partial charge < -0.3 is 14.2 Å². The van der Waals surface area contributed by atoms with Crippen molar-refractivity contribution >= 4 is 5.97 Å². The highest BCUT2D eigenvalue weighted by molar-refractivity contribution is 5.68. The first kappa shape index (κ1) is 16.9. The van der Waals surface area contributed by atoms with Gasteiger partial charge in [0.25, 0.3) is 0 Å². The quantitative estimate of drug-likeness (QED) is 0.773. The molecule has 0 aromatic heterocycles. The second-order valence-corrected chi connectivity index (χ2v) is 8.35. The van der Waals surface area contributed by atoms with Crippen LogP contribution in [0.5, 0.6) is 5.75 Å². The Balaban J connectivity index is 1.72. The van der Waals surface area contributed by atoms with Gasteiger partial charge in [-0.05, 0) is 31.2 Å². The Morgan fingerprint density at radius 1 is 1.32 bits per heavy atom. The number of hydrogen-bond donors (Lipinski definition) is 0. The number of rotatable bonds is 3. The van der Waals surface area contributed by atoms with Crippen LogP contribution in [0.3, 0.4) is 0 Å². The van der Waals surface area contributed by atoms with Crippen LogP contribution in [0.2, 0.25) is 0 Å². The Morgan fingerprint density at radius 3 is 2.84 bits per heavy atom. The lowest BCUT2D eigenvalue weighted by atomic mass is 9.50. The minimum absolute atomic E-state index is 0.0625. The van der Waals surface area contributed by atoms with Gasteiger partial charge in [0.05, 0.1) is 19.3 Å². The van der Waals surface area contributed by atoms with E-state index in [1.165, 1.54) is 0 Å². The van der Waals surface area contributed by atoms with Gasteiger partial charge in [-0.15, -0.1) is 0 Å². The average molecular weight is 344 g/mol. The summed E-state index contributed by atoms with van der Waals surface area (Å²) in [6, 6.07) is 8.24. The van der Waals surface area contributed by atoms with Crippen molar-refractivity contribution in [2.45, 2.75) is 52.2 Å². The lowest BCUT2D eigenvalue weighted by Crippen LogP contribution is -2.66. The van der Waals surface area contributed by atoms with Gasteiger partial charge in [-0.25, -0.2) is 0 Å². The first-order valence-corrected chi connectivity index (χ1v) is 9.46. The average Bonchev–Trinajstić information content (AvgIpc) is 2.59. The SMILES string of the molecule is CCC(=O)OC[C@@]12CO[C@@H]3c4ccccc4O[C@](C)(C[C@@H]1C)[C@H]3[C@H]2C. The molecule has 6 atom stereocenters. The van der Waals surface area contributed by atoms with Crippen molar-refractivity contribution in [1.82, 2.24) is 0 Å². The minimum Gasteiger partial charge on any atom is -0.487 e. The maximum absolute atomic E-state index is 11.8. The smallest absolute Gasteiger partial charge is 0.305 e. The highest BCUT2D eigenvalue weighted by Crippen LogP contribution is 2.63. The third-order valence-electron chi connectivity index (χ3n) is 7.06. The molecular weight excluding hydrogens is 316 g/mol. The van der Waals surface area contributed by atoms with Crippen LogP contribution in [0, 0.1) is 23.2 Å². The van der Waals surface area contributed by atoms with Crippen molar-refractivity contribution < 1.29 is 19.0 Å². The van der Waals surface area contributed by atoms with E-state index in [4.69, 9.17) is 14.2 Å². The van der Waals surface area contributed by atoms with Crippen molar-refractivity contribution in [2.75, 3.05) is 13.2 Å². The summed E-state index contributed by atoms with van der Waals surface area (Å²) in [5.41, 5.74) is 0.794. The molecule has 25 heavy (non-hydrogen) atoms. The summed E-state index contributed by atoms with van der Waals surface area (Å²) in [6.45, 7) is 9.70. The van der Waals surface area contributed by atoms with Crippen LogP contribution in [0.25, 0.3) is 0 Å². The lowest BCUT2D eigenvalue weighted by Gasteiger charge is -2.63. The fraction of sp³-hybridized carbons (Fsp3) is 0.667. The molecule has 2 bridgehead atoms. The zero-order valence-electron chi connectivity index (χ0n) is 15.6. The number of hydrogen-bond acceptors (Lipinski definition) is 4. The summed E-state index contributed by atoms with van der Waals surface area (Å²) >= 11 is 0. The van der Waals surface area contributed by atoms with Crippen molar-refractivity contribution in [2.24, 2.45) is 23.2 Å². The van der Waals surface area contributed by atoms with Crippen LogP contribution in [-0.4, -0.2) is 24.8 Å². The van der Waals surface area contributed by atoms with Gasteiger partial charge in [-0.2, -0.15) is 0 Å². The monoisotopic (exact) mass is 344 g/mol. The summed E-state index contributed by atoms with van der Waals surface area (Å²) < 4.78 is 18.6. The van der Waals surface area contributed by atoms with Crippen LogP contribution in [0.4, 0.5) is 0 Å². The summed E-state index contributed by atoms with van der Waals surface area (Å²) in [7, 11) is 0. The largest absolute Gasteiger partial charge is 0.487 e. The van der Waals surface area contributed by atoms with E-state index in [1.54, 1.807) is 0 Å². The first-order chi connectivity index (χ1) is 11.9. The molecule has 0 radical (unpaired) electrons. The van der Waals surface area contributed by atoms with E-state index >= 15 is 0 Å². The van der Waals surface area contributed by atoms with Crippen LogP contribution in [0.1, 0.15) is 52.2 Å². The van der Waals surface area contributed by atoms with Gasteiger partial charge >= 0.3 is 5.97 Å². The van der Waals surface area contributed by atoms with Crippen molar-refractivity contribution in [3.05, 3.63) is 29.8 Å². The Labute approximate surface area is 149 Å². The zero-order valence-corrected chi connectivity index (χ0v) is 15.6. The maximum atomic E-state index is 11.8. The number of carbonyl (C=O) groups excluding carboxylic acids is 1. The van der Waals surface area contributed by atoms with Crippen molar-refractivity contribution in [3.63, 3.8) is 0 Å². The van der Waals surface area contributed by atoms with Crippen LogP contribution in [-0.2, 0) is 14.3 Å². The second kappa shape index (κ2) is 5.73. The van der Waals surface area contributed by atoms with E-state index in [0.717, 1.165) is 17.7 Å². The molecule has 3 aliphatic rings. The molecule has 4 heteroatoms. The van der Waals surface area contributed by atoms with E-state index in [-0.39, 0.29) is 29.0 Å². The van der Waals surface area contributed by atoms with Gasteiger partial charge in [0, 0.05) is 23.3 Å². The third kappa shape index (κ3) is 2.33. The van der Waals surface area contributed by atoms with Crippen LogP contribution in [0.15, 0.2) is 24.3 Å². The number of ether oxygens (including phenoxy) is 3. The molecule has 1 aliphatic carbocycles. The topological polar surface area (TPSA) is 44.8 Å². The normalized spacial score (nSPS) is 41.4. The molecule has 0 N–H and O–H groups in total. The molecular formula is C21H28O4. The van der Waals surface area contributed by atoms with Crippen molar-refractivity contribution in [3.8, 4) is 5.75 Å². The predicted molar refractivity (Wildman–Crippen MR) is 94.3 cm³/mol. The highest BCUT2D eigenvalue weighted by atomic mass is 16.5. The molecule has 1 saturated carbocycles. The van der Waals surface area contributed by atoms with Gasteiger partial charge in [0.2, 0.25) is 0 Å². The Morgan fingerprint density at radius 2 is 2.08 bits per heavy atom. The fourth-order valence-corrected chi connectivity index (χ4v) is 5.57. The fourth-order valence-electron chi connectivity index (χ4n) is 5.57. The maximum Gasteiger partial charge on any atom is 0.305 e. The number of esters is 1. The molecule has 0 spiro atoms. The van der Waals surface area contributed by atoms with E-state index in [2.05, 4.69) is 39.0 Å². The molecule has 2 fully saturated rings. The minimum atomic E-state index is -0.240. The molecule has 1 aromatic carbocycles. The molecule has 4 nitrogen and oxygen atoms in total. The van der Waals surface area contributed by atoms with E-state index in [0.29, 0.717) is 31.5 Å². The molecule has 1 saturated heterocycles. The molecule has 0 amide bonds. The van der Waals surface area contributed by atoms with E-state index < -0.39 is 0 Å². The lowest BCUT2D eigenvalue weighted by molar-refractivity contribution is -0.262. The van der Waals surface area contributed by atoms with Crippen molar-refractivity contribution in [1.29, 1.82) is 0 Å². The first-order valence-electron chi connectivity index (χ1n) is 9.46. The summed E-state index contributed by atoms with van der Waals surface area (Å²) in [4.78, 5) is 11.8. The van der Waals surface area contributed by atoms with Crippen LogP contribution < -0.4 is 4.74 Å². The van der Waals surface area contributed by atoms with Gasteiger partial charge in [0.15, 0.2) is 0 Å². The van der Waals surface area contributed by atoms with Crippen LogP contribution >= 0.6 is 0 Å². The summed E-state index contributed by atoms with van der Waals surface area (Å²) in [5, 5.41) is 0. The highest BCUT2D eigenvalue weighted by Gasteiger charge is 2.64. The number of benzene rings is 1. The Hall–Kier alpha value is -1.55. The van der Waals surface area contributed by atoms with E-state index in [1.807, 2.05) is 13.0 Å². The van der Waals surface area contributed by atoms with Gasteiger partial charge in [-0.3, -0.25) is 4.79 Å². The number of fused-ring (bicyclic) bond motifs is 3. The van der Waals surface area contributed by atoms with Gasteiger partial charge in [-0.1, -0.05) is 39.0 Å². The standard InChI is InChI=1S/C21H28O4/c1-5-17(22)23-11-21-12-24-19-15-8-6-7-9-16(15)25-20(4,10-13(21)2)18(19)14(21)3/h6-9,13-14,18-19H,5,10-12H2,1-4H3/t13-,14+,18-,19+,20+,21+/m0/s1. The molecule has 1 aromatic rings. The molecule has 2 heterocycles. The molecule has 4 rings (SSSR count). The second-order valence-electron chi connectivity index (χ2n) is 8.35. The Kier molecular flexibility index (Phi) is 3.87. The zero-order chi connectivity index (χ0) is 17.8. The molecule has 0 unspecified atom stereocenters. The molecule has 2 aliphatic heterocycles. The third-order valence-corrected chi connectivity index (χ3v) is 7.06. The predicted octanol–water partition coefficient (Wildman–Crippen LogP) is 4.14. The number of carbonyl (C=O) groups is 1. The molecule has 136 valence electrons. The van der Waals surface area contributed by atoms with E-state index in [9.17, 15) is 4.79 Å². The van der Waals surface area contributed by atoms with Gasteiger partial charge in [0.1, 0.15) is 11.4 Å². The summed E-state index contributed by atoms with van der Waals surface area (Å²) in [6.07, 6.45) is 1.44. The Bertz CT molecular complexity index is 686. The summed E-state index contributed by atoms with van der Waals surface area (Å²) in [5.74, 6) is 1.82.